The van der Waals surface area contributed by atoms with E-state index in [2.05, 4.69) is 11.9 Å². The van der Waals surface area contributed by atoms with Crippen molar-refractivity contribution >= 4 is 16.5 Å². The van der Waals surface area contributed by atoms with Crippen molar-refractivity contribution in [2.24, 2.45) is 11.7 Å². The predicted octanol–water partition coefficient (Wildman–Crippen LogP) is 3.11. The minimum absolute atomic E-state index is 0.179. The van der Waals surface area contributed by atoms with Crippen molar-refractivity contribution in [1.82, 2.24) is 4.98 Å². The van der Waals surface area contributed by atoms with E-state index in [1.54, 1.807) is 0 Å². The zero-order chi connectivity index (χ0) is 12.5. The fourth-order valence-corrected chi connectivity index (χ4v) is 4.40. The second kappa shape index (κ2) is 5.17. The van der Waals surface area contributed by atoms with E-state index in [9.17, 15) is 0 Å². The number of nitrogens with two attached hydrogens (primary N) is 1. The maximum atomic E-state index is 6.15. The molecule has 0 amide bonds. The molecule has 1 heterocycles. The lowest BCUT2D eigenvalue weighted by molar-refractivity contribution is 0.543. The Bertz CT molecular complexity index is 409. The quantitative estimate of drug-likeness (QED) is 0.913. The van der Waals surface area contributed by atoms with Gasteiger partial charge in [-0.25, -0.2) is 4.98 Å². The molecule has 1 atom stereocenters. The van der Waals surface area contributed by atoms with Gasteiger partial charge in [-0.3, -0.25) is 0 Å². The van der Waals surface area contributed by atoms with Gasteiger partial charge in [-0.05, 0) is 38.0 Å². The number of nitrogens with zero attached hydrogens (tertiary/aromatic N) is 2. The lowest BCUT2D eigenvalue weighted by Gasteiger charge is -2.20. The molecule has 3 rings (SSSR count). The van der Waals surface area contributed by atoms with Crippen LogP contribution in [0, 0.1) is 5.92 Å². The third-order valence-electron chi connectivity index (χ3n) is 4.32. The first-order valence-corrected chi connectivity index (χ1v) is 8.02. The Morgan fingerprint density at radius 2 is 2.06 bits per heavy atom. The Balaban J connectivity index is 1.71. The first-order chi connectivity index (χ1) is 8.74. The molecule has 0 spiro atoms. The van der Waals surface area contributed by atoms with Crippen molar-refractivity contribution in [3.63, 3.8) is 0 Å². The summed E-state index contributed by atoms with van der Waals surface area (Å²) in [6, 6.07) is 0.179. The summed E-state index contributed by atoms with van der Waals surface area (Å²) >= 11 is 1.87. The van der Waals surface area contributed by atoms with Gasteiger partial charge in [0.15, 0.2) is 5.13 Å². The number of thiazole rings is 1. The molecule has 0 bridgehead atoms. The second-order valence-electron chi connectivity index (χ2n) is 5.83. The Hall–Kier alpha value is -0.610. The van der Waals surface area contributed by atoms with Crippen molar-refractivity contribution in [1.29, 1.82) is 0 Å². The van der Waals surface area contributed by atoms with Gasteiger partial charge < -0.3 is 10.6 Å². The van der Waals surface area contributed by atoms with Crippen LogP contribution < -0.4 is 10.6 Å². The van der Waals surface area contributed by atoms with Gasteiger partial charge >= 0.3 is 0 Å². The van der Waals surface area contributed by atoms with Gasteiger partial charge in [0.05, 0.1) is 5.69 Å². The van der Waals surface area contributed by atoms with Crippen LogP contribution in [-0.2, 0) is 6.42 Å². The normalized spacial score (nSPS) is 24.2. The fraction of sp³-hybridized carbons (Fsp3) is 0.786. The summed E-state index contributed by atoms with van der Waals surface area (Å²) in [5.74, 6) is 0.879. The molecule has 2 N–H and O–H groups in total. The molecule has 2 aliphatic rings. The molecule has 3 nitrogen and oxygen atoms in total. The highest BCUT2D eigenvalue weighted by Gasteiger charge is 2.24. The molecule has 2 aliphatic carbocycles. The van der Waals surface area contributed by atoms with Crippen molar-refractivity contribution < 1.29 is 0 Å². The Labute approximate surface area is 113 Å². The van der Waals surface area contributed by atoms with Gasteiger partial charge in [0.1, 0.15) is 0 Å². The average molecular weight is 265 g/mol. The molecule has 100 valence electrons. The van der Waals surface area contributed by atoms with Crippen LogP contribution in [0.25, 0.3) is 0 Å². The topological polar surface area (TPSA) is 42.2 Å². The van der Waals surface area contributed by atoms with Crippen LogP contribution >= 0.6 is 11.3 Å². The van der Waals surface area contributed by atoms with E-state index in [1.165, 1.54) is 60.8 Å². The van der Waals surface area contributed by atoms with Gasteiger partial charge in [0, 0.05) is 24.5 Å². The summed E-state index contributed by atoms with van der Waals surface area (Å²) in [6.45, 7) is 1.17. The molecular formula is C14H23N3S. The summed E-state index contributed by atoms with van der Waals surface area (Å²) in [7, 11) is 2.19. The molecule has 0 aromatic carbocycles. The first-order valence-electron chi connectivity index (χ1n) is 7.20. The number of fused-ring (bicyclic) bond motifs is 1. The van der Waals surface area contributed by atoms with Crippen molar-refractivity contribution in [3.05, 3.63) is 10.6 Å². The van der Waals surface area contributed by atoms with Crippen molar-refractivity contribution in [2.75, 3.05) is 18.5 Å². The van der Waals surface area contributed by atoms with E-state index in [4.69, 9.17) is 10.7 Å². The van der Waals surface area contributed by atoms with E-state index < -0.39 is 0 Å². The molecule has 0 saturated heterocycles. The highest BCUT2D eigenvalue weighted by atomic mass is 32.1. The highest BCUT2D eigenvalue weighted by molar-refractivity contribution is 7.15. The summed E-state index contributed by atoms with van der Waals surface area (Å²) in [5.41, 5.74) is 7.33. The lowest BCUT2D eigenvalue weighted by Crippen LogP contribution is -2.24. The zero-order valence-corrected chi connectivity index (χ0v) is 12.0. The molecule has 1 saturated carbocycles. The number of aromatic nitrogens is 1. The van der Waals surface area contributed by atoms with E-state index in [-0.39, 0.29) is 6.04 Å². The highest BCUT2D eigenvalue weighted by Crippen LogP contribution is 2.36. The molecule has 1 fully saturated rings. The molecular weight excluding hydrogens is 242 g/mol. The average Bonchev–Trinajstić information content (AvgIpc) is 2.97. The standard InChI is InChI=1S/C14H23N3S/c1-17(9-10-5-2-3-6-10)14-16-13-11(15)7-4-8-12(13)18-14/h10-11H,2-9,15H2,1H3. The molecule has 4 heteroatoms. The summed E-state index contributed by atoms with van der Waals surface area (Å²) in [6.07, 6.45) is 9.13. The Morgan fingerprint density at radius 1 is 1.28 bits per heavy atom. The van der Waals surface area contributed by atoms with Crippen LogP contribution in [0.4, 0.5) is 5.13 Å². The lowest BCUT2D eigenvalue weighted by atomic mass is 9.99. The third kappa shape index (κ3) is 2.41. The van der Waals surface area contributed by atoms with Crippen LogP contribution in [0.5, 0.6) is 0 Å². The minimum atomic E-state index is 0.179. The van der Waals surface area contributed by atoms with Gasteiger partial charge in [-0.1, -0.05) is 12.8 Å². The Kier molecular flexibility index (Phi) is 3.57. The van der Waals surface area contributed by atoms with Crippen LogP contribution in [0.1, 0.15) is 55.1 Å². The number of aryl methyl sites for hydroxylation is 1. The molecule has 1 aromatic rings. The maximum absolute atomic E-state index is 6.15. The van der Waals surface area contributed by atoms with Gasteiger partial charge in [0.25, 0.3) is 0 Å². The number of hydrogen-bond acceptors (Lipinski definition) is 4. The van der Waals surface area contributed by atoms with Crippen molar-refractivity contribution in [3.8, 4) is 0 Å². The SMILES string of the molecule is CN(CC1CCCC1)c1nc2c(s1)CCCC2N. The van der Waals surface area contributed by atoms with E-state index in [0.29, 0.717) is 0 Å². The van der Waals surface area contributed by atoms with Crippen LogP contribution in [0.15, 0.2) is 0 Å². The summed E-state index contributed by atoms with van der Waals surface area (Å²) in [4.78, 5) is 8.58. The van der Waals surface area contributed by atoms with Crippen molar-refractivity contribution in [2.45, 2.75) is 51.0 Å². The van der Waals surface area contributed by atoms with E-state index in [1.807, 2.05) is 11.3 Å². The smallest absolute Gasteiger partial charge is 0.185 e. The number of rotatable bonds is 3. The third-order valence-corrected chi connectivity index (χ3v) is 5.57. The second-order valence-corrected chi connectivity index (χ2v) is 6.90. The largest absolute Gasteiger partial charge is 0.351 e. The maximum Gasteiger partial charge on any atom is 0.185 e. The number of anilines is 1. The van der Waals surface area contributed by atoms with Gasteiger partial charge in [-0.2, -0.15) is 0 Å². The van der Waals surface area contributed by atoms with Gasteiger partial charge in [-0.15, -0.1) is 11.3 Å². The van der Waals surface area contributed by atoms with E-state index >= 15 is 0 Å². The molecule has 0 radical (unpaired) electrons. The number of hydrogen-bond donors (Lipinski definition) is 1. The summed E-state index contributed by atoms with van der Waals surface area (Å²) in [5, 5.41) is 1.18. The molecule has 18 heavy (non-hydrogen) atoms. The monoisotopic (exact) mass is 265 g/mol. The zero-order valence-electron chi connectivity index (χ0n) is 11.2. The molecule has 1 unspecified atom stereocenters. The first kappa shape index (κ1) is 12.4. The van der Waals surface area contributed by atoms with Crippen LogP contribution in [0.2, 0.25) is 0 Å². The molecule has 0 aliphatic heterocycles. The molecule has 1 aromatic heterocycles. The van der Waals surface area contributed by atoms with Crippen LogP contribution in [-0.4, -0.2) is 18.6 Å². The summed E-state index contributed by atoms with van der Waals surface area (Å²) < 4.78 is 0. The predicted molar refractivity (Wildman–Crippen MR) is 77.2 cm³/mol. The fourth-order valence-electron chi connectivity index (χ4n) is 3.26. The van der Waals surface area contributed by atoms with Gasteiger partial charge in [0.2, 0.25) is 0 Å². The minimum Gasteiger partial charge on any atom is -0.351 e. The van der Waals surface area contributed by atoms with E-state index in [0.717, 1.165) is 12.3 Å². The van der Waals surface area contributed by atoms with Crippen LogP contribution in [0.3, 0.4) is 0 Å². The Morgan fingerprint density at radius 3 is 2.78 bits per heavy atom.